The second-order valence-electron chi connectivity index (χ2n) is 6.46. The fraction of sp³-hybridized carbons (Fsp3) is 0.600. The summed E-state index contributed by atoms with van der Waals surface area (Å²) >= 11 is 0. The van der Waals surface area contributed by atoms with Crippen molar-refractivity contribution in [2.24, 2.45) is 0 Å². The summed E-state index contributed by atoms with van der Waals surface area (Å²) in [5.74, 6) is 0.363. The fourth-order valence-corrected chi connectivity index (χ4v) is 3.40. The largest absolute Gasteiger partial charge is 0.375 e. The van der Waals surface area contributed by atoms with Gasteiger partial charge in [-0.3, -0.25) is 4.57 Å². The van der Waals surface area contributed by atoms with E-state index in [0.717, 1.165) is 0 Å². The molecule has 2 bridgehead atoms. The van der Waals surface area contributed by atoms with Crippen LogP contribution in [-0.4, -0.2) is 54.8 Å². The van der Waals surface area contributed by atoms with Gasteiger partial charge in [-0.25, -0.2) is 14.5 Å². The number of rotatable bonds is 3. The van der Waals surface area contributed by atoms with Gasteiger partial charge in [0.1, 0.15) is 30.5 Å². The van der Waals surface area contributed by atoms with E-state index >= 15 is 0 Å². The molecule has 0 aromatic carbocycles. The van der Waals surface area contributed by atoms with Gasteiger partial charge >= 0.3 is 5.69 Å². The molecule has 0 aliphatic carbocycles. The average molecular weight is 334 g/mol. The van der Waals surface area contributed by atoms with E-state index in [1.807, 2.05) is 13.8 Å². The zero-order chi connectivity index (χ0) is 17.8. The average Bonchev–Trinajstić information content (AvgIpc) is 3.25. The van der Waals surface area contributed by atoms with Crippen molar-refractivity contribution in [3.63, 3.8) is 0 Å². The molecule has 24 heavy (non-hydrogen) atoms. The molecule has 2 aliphatic heterocycles. The summed E-state index contributed by atoms with van der Waals surface area (Å²) in [6.07, 6.45) is 2.77. The van der Waals surface area contributed by atoms with E-state index in [2.05, 4.69) is 15.1 Å². The lowest BCUT2D eigenvalue weighted by atomic mass is 9.85. The molecule has 2 aromatic heterocycles. The third-order valence-electron chi connectivity index (χ3n) is 4.82. The zero-order valence-electron chi connectivity index (χ0n) is 14.6. The molecular weight excluding hydrogens is 314 g/mol. The smallest absolute Gasteiger partial charge is 0.351 e. The minimum absolute atomic E-state index is 0.0370. The van der Waals surface area contributed by atoms with Gasteiger partial charge in [0.15, 0.2) is 12.0 Å². The molecule has 2 saturated heterocycles. The SMILES string of the molecule is [2H]C[C@]12O[C@@H](n3ccc(-n4cncn4)nc3=O)[C@H](OC1(C)C)[C@@H]2OC. The molecule has 9 nitrogen and oxygen atoms in total. The maximum absolute atomic E-state index is 12.5. The number of aromatic nitrogens is 5. The number of hydrogen-bond acceptors (Lipinski definition) is 7. The van der Waals surface area contributed by atoms with Crippen molar-refractivity contribution in [2.75, 3.05) is 7.11 Å². The third-order valence-corrected chi connectivity index (χ3v) is 4.82. The minimum atomic E-state index is -0.943. The summed E-state index contributed by atoms with van der Waals surface area (Å²) < 4.78 is 28.6. The van der Waals surface area contributed by atoms with Crippen molar-refractivity contribution in [3.05, 3.63) is 35.4 Å². The standard InChI is InChI=1S/C15H19N5O4/c1-14(2)15(3)11(22-4)10(23-14)12(24-15)19-6-5-9(18-13(19)21)20-8-16-7-17-20/h5-8,10-12H,1-4H3/t10-,11+,12-,15-/m1/s1/i3D. The Morgan fingerprint density at radius 2 is 2.25 bits per heavy atom. The predicted molar refractivity (Wildman–Crippen MR) is 81.7 cm³/mol. The lowest BCUT2D eigenvalue weighted by molar-refractivity contribution is -0.242. The van der Waals surface area contributed by atoms with E-state index in [-0.39, 0.29) is 6.90 Å². The predicted octanol–water partition coefficient (Wildman–Crippen LogP) is 0.304. The monoisotopic (exact) mass is 334 g/mol. The van der Waals surface area contributed by atoms with Crippen LogP contribution in [0.25, 0.3) is 5.82 Å². The van der Waals surface area contributed by atoms with Crippen LogP contribution in [0.4, 0.5) is 0 Å². The number of fused-ring (bicyclic) bond motifs is 2. The summed E-state index contributed by atoms with van der Waals surface area (Å²) in [6, 6.07) is 1.64. The molecule has 128 valence electrons. The first-order valence-electron chi connectivity index (χ1n) is 8.26. The summed E-state index contributed by atoms with van der Waals surface area (Å²) in [4.78, 5) is 20.4. The number of ether oxygens (including phenoxy) is 3. The van der Waals surface area contributed by atoms with E-state index in [1.54, 1.807) is 19.4 Å². The summed E-state index contributed by atoms with van der Waals surface area (Å²) in [5.41, 5.74) is -2.13. The first-order chi connectivity index (χ1) is 11.9. The molecular formula is C15H19N5O4. The highest BCUT2D eigenvalue weighted by atomic mass is 16.7. The van der Waals surface area contributed by atoms with E-state index in [9.17, 15) is 4.79 Å². The molecule has 0 radical (unpaired) electrons. The highest BCUT2D eigenvalue weighted by Crippen LogP contribution is 2.54. The van der Waals surface area contributed by atoms with Crippen LogP contribution >= 0.6 is 0 Å². The first-order valence-corrected chi connectivity index (χ1v) is 7.55. The Bertz CT molecular complexity index is 839. The van der Waals surface area contributed by atoms with Gasteiger partial charge in [0.25, 0.3) is 0 Å². The van der Waals surface area contributed by atoms with Crippen molar-refractivity contribution in [3.8, 4) is 5.82 Å². The summed E-state index contributed by atoms with van der Waals surface area (Å²) in [5, 5.41) is 3.96. The van der Waals surface area contributed by atoms with Crippen molar-refractivity contribution in [1.82, 2.24) is 24.3 Å². The van der Waals surface area contributed by atoms with E-state index < -0.39 is 35.3 Å². The Morgan fingerprint density at radius 1 is 1.42 bits per heavy atom. The van der Waals surface area contributed by atoms with Crippen molar-refractivity contribution in [2.45, 2.75) is 50.4 Å². The van der Waals surface area contributed by atoms with Crippen LogP contribution in [-0.2, 0) is 14.2 Å². The van der Waals surface area contributed by atoms with Gasteiger partial charge in [-0.2, -0.15) is 10.1 Å². The van der Waals surface area contributed by atoms with Crippen molar-refractivity contribution >= 4 is 0 Å². The molecule has 0 saturated carbocycles. The Morgan fingerprint density at radius 3 is 2.83 bits per heavy atom. The quantitative estimate of drug-likeness (QED) is 0.797. The summed E-state index contributed by atoms with van der Waals surface area (Å²) in [7, 11) is 1.56. The first kappa shape index (κ1) is 14.3. The lowest BCUT2D eigenvalue weighted by Gasteiger charge is -2.41. The molecule has 0 spiro atoms. The lowest BCUT2D eigenvalue weighted by Crippen LogP contribution is -2.52. The van der Waals surface area contributed by atoms with Crippen LogP contribution in [0.15, 0.2) is 29.7 Å². The molecule has 4 heterocycles. The molecule has 2 aliphatic rings. The van der Waals surface area contributed by atoms with Gasteiger partial charge in [0.05, 0.1) is 5.60 Å². The van der Waals surface area contributed by atoms with Gasteiger partial charge in [-0.05, 0) is 26.8 Å². The van der Waals surface area contributed by atoms with Gasteiger partial charge in [-0.1, -0.05) is 0 Å². The molecule has 4 rings (SSSR count). The van der Waals surface area contributed by atoms with E-state index in [4.69, 9.17) is 15.6 Å². The van der Waals surface area contributed by atoms with Gasteiger partial charge in [0.2, 0.25) is 0 Å². The molecule has 9 heteroatoms. The van der Waals surface area contributed by atoms with E-state index in [0.29, 0.717) is 5.82 Å². The number of methoxy groups -OCH3 is 1. The van der Waals surface area contributed by atoms with Crippen molar-refractivity contribution < 1.29 is 15.6 Å². The van der Waals surface area contributed by atoms with Crippen LogP contribution in [0.5, 0.6) is 0 Å². The highest BCUT2D eigenvalue weighted by molar-refractivity contribution is 5.19. The number of hydrogen-bond donors (Lipinski definition) is 0. The molecule has 0 amide bonds. The fourth-order valence-electron chi connectivity index (χ4n) is 3.40. The molecule has 4 atom stereocenters. The highest BCUT2D eigenvalue weighted by Gasteiger charge is 2.69. The third kappa shape index (κ3) is 1.92. The van der Waals surface area contributed by atoms with Crippen LogP contribution in [0, 0.1) is 0 Å². The molecule has 0 unspecified atom stereocenters. The molecule has 2 aromatic rings. The Kier molecular flexibility index (Phi) is 2.94. The van der Waals surface area contributed by atoms with Crippen LogP contribution < -0.4 is 5.69 Å². The second-order valence-corrected chi connectivity index (χ2v) is 6.46. The van der Waals surface area contributed by atoms with Crippen LogP contribution in [0.2, 0.25) is 0 Å². The second kappa shape index (κ2) is 4.95. The maximum Gasteiger partial charge on any atom is 0.351 e. The Hall–Kier alpha value is -2.10. The molecule has 0 N–H and O–H groups in total. The van der Waals surface area contributed by atoms with Crippen LogP contribution in [0.3, 0.4) is 0 Å². The summed E-state index contributed by atoms with van der Waals surface area (Å²) in [6.45, 7) is 3.71. The molecule has 2 fully saturated rings. The van der Waals surface area contributed by atoms with Gasteiger partial charge in [0, 0.05) is 14.7 Å². The van der Waals surface area contributed by atoms with Crippen molar-refractivity contribution in [1.29, 1.82) is 0 Å². The van der Waals surface area contributed by atoms with Gasteiger partial charge in [-0.15, -0.1) is 0 Å². The minimum Gasteiger partial charge on any atom is -0.375 e. The Balaban J connectivity index is 1.72. The maximum atomic E-state index is 12.5. The zero-order valence-corrected chi connectivity index (χ0v) is 13.6. The van der Waals surface area contributed by atoms with Gasteiger partial charge < -0.3 is 14.2 Å². The van der Waals surface area contributed by atoms with E-state index in [1.165, 1.54) is 21.9 Å². The topological polar surface area (TPSA) is 93.3 Å². The normalized spacial score (nSPS) is 34.5. The Labute approximate surface area is 139 Å². The van der Waals surface area contributed by atoms with Crippen LogP contribution in [0.1, 0.15) is 28.3 Å². The number of nitrogens with zero attached hydrogens (tertiary/aromatic N) is 5.